The highest BCUT2D eigenvalue weighted by Crippen LogP contribution is 2.42. The number of ether oxygens (including phenoxy) is 8. The van der Waals surface area contributed by atoms with Gasteiger partial charge in [-0.25, -0.2) is 24.0 Å². The standard InChI is InChI=1S/C44H62ClN5O14/c1-17-25-29-23(18-19-46-25)21-27(57-29)28-32(45)48-34(50(35(51)60-40(2,3)4)36(52)61-41(5,6)7)49-33(28)47-26-20-24(22-56-37(53)62-42(8,9)10)30(58-38(54)63-43(11,12)13)31(26)59-39(55)64-44(14,15)16/h18-19,21,24,26,30-31H,17,20,22H2,1-16H3,(H,47,48,49)/t24-,26-,30-,31+/m1/s1. The van der Waals surface area contributed by atoms with Crippen LogP contribution >= 0.6 is 11.6 Å². The van der Waals surface area contributed by atoms with Crippen LogP contribution in [0.2, 0.25) is 5.15 Å². The Hall–Kier alpha value is -5.59. The van der Waals surface area contributed by atoms with E-state index in [-0.39, 0.29) is 28.7 Å². The molecule has 0 spiro atoms. The molecule has 19 nitrogen and oxygen atoms in total. The molecule has 3 aromatic rings. The first-order chi connectivity index (χ1) is 29.2. The first-order valence-corrected chi connectivity index (χ1v) is 21.2. The molecule has 20 heteroatoms. The molecule has 1 aliphatic rings. The zero-order valence-corrected chi connectivity index (χ0v) is 40.3. The third-order valence-electron chi connectivity index (χ3n) is 8.41. The van der Waals surface area contributed by atoms with Crippen molar-refractivity contribution in [1.82, 2.24) is 15.0 Å². The molecular weight excluding hydrogens is 858 g/mol. The van der Waals surface area contributed by atoms with Crippen molar-refractivity contribution < 1.29 is 66.3 Å². The van der Waals surface area contributed by atoms with Crippen LogP contribution in [0.5, 0.6) is 0 Å². The maximum atomic E-state index is 13.8. The topological polar surface area (TPSA) is 226 Å². The van der Waals surface area contributed by atoms with Gasteiger partial charge in [0.25, 0.3) is 0 Å². The fourth-order valence-corrected chi connectivity index (χ4v) is 6.46. The van der Waals surface area contributed by atoms with Crippen LogP contribution in [-0.4, -0.2) is 98.5 Å². The number of nitrogens with one attached hydrogen (secondary N) is 1. The van der Waals surface area contributed by atoms with Gasteiger partial charge in [-0.15, -0.1) is 4.90 Å². The van der Waals surface area contributed by atoms with Gasteiger partial charge in [-0.1, -0.05) is 18.5 Å². The van der Waals surface area contributed by atoms with E-state index in [1.807, 2.05) is 6.92 Å². The number of anilines is 2. The van der Waals surface area contributed by atoms with E-state index < -0.39 is 95.4 Å². The van der Waals surface area contributed by atoms with Gasteiger partial charge in [-0.3, -0.25) is 4.98 Å². The summed E-state index contributed by atoms with van der Waals surface area (Å²) in [5.74, 6) is -1.47. The Morgan fingerprint density at radius 3 is 1.73 bits per heavy atom. The fourth-order valence-electron chi connectivity index (χ4n) is 6.20. The second-order valence-corrected chi connectivity index (χ2v) is 20.4. The van der Waals surface area contributed by atoms with E-state index in [1.54, 1.807) is 122 Å². The van der Waals surface area contributed by atoms with Crippen LogP contribution in [0.25, 0.3) is 22.3 Å². The van der Waals surface area contributed by atoms with E-state index in [9.17, 15) is 24.0 Å². The minimum Gasteiger partial charge on any atom is -0.454 e. The Labute approximate surface area is 378 Å². The second kappa shape index (κ2) is 19.3. The number of carbonyl (C=O) groups excluding carboxylic acids is 5. The van der Waals surface area contributed by atoms with Gasteiger partial charge < -0.3 is 47.6 Å². The Kier molecular flexibility index (Phi) is 15.4. The van der Waals surface area contributed by atoms with Gasteiger partial charge >= 0.3 is 30.7 Å². The fraction of sp³-hybridized carbons (Fsp3) is 0.636. The zero-order chi connectivity index (χ0) is 48.3. The number of hydrogen-bond donors (Lipinski definition) is 1. The summed E-state index contributed by atoms with van der Waals surface area (Å²) in [5, 5.41) is 3.60. The molecule has 4 atom stereocenters. The van der Waals surface area contributed by atoms with Crippen molar-refractivity contribution in [3.8, 4) is 11.3 Å². The summed E-state index contributed by atoms with van der Waals surface area (Å²) in [5.41, 5.74) is -3.93. The van der Waals surface area contributed by atoms with Crippen LogP contribution in [0.3, 0.4) is 0 Å². The van der Waals surface area contributed by atoms with Crippen LogP contribution in [0.1, 0.15) is 123 Å². The molecule has 1 aliphatic carbocycles. The molecule has 0 saturated heterocycles. The number of aryl methyl sites for hydroxylation is 1. The molecule has 1 fully saturated rings. The second-order valence-electron chi connectivity index (χ2n) is 20.1. The van der Waals surface area contributed by atoms with Crippen molar-refractivity contribution in [3.05, 3.63) is 29.2 Å². The maximum Gasteiger partial charge on any atom is 0.509 e. The smallest absolute Gasteiger partial charge is 0.454 e. The number of carbonyl (C=O) groups is 5. The molecule has 4 rings (SSSR count). The summed E-state index contributed by atoms with van der Waals surface area (Å²) in [7, 11) is 0. The van der Waals surface area contributed by atoms with Crippen LogP contribution in [0.4, 0.5) is 35.7 Å². The molecule has 2 amide bonds. The quantitative estimate of drug-likeness (QED) is 0.120. The van der Waals surface area contributed by atoms with Gasteiger partial charge in [-0.05, 0) is 129 Å². The number of furan rings is 1. The molecule has 1 N–H and O–H groups in total. The van der Waals surface area contributed by atoms with Crippen molar-refractivity contribution in [3.63, 3.8) is 0 Å². The number of fused-ring (bicyclic) bond motifs is 1. The van der Waals surface area contributed by atoms with E-state index in [1.165, 1.54) is 0 Å². The first-order valence-electron chi connectivity index (χ1n) is 20.9. The number of nitrogens with zero attached hydrogens (tertiary/aromatic N) is 4. The Morgan fingerprint density at radius 2 is 1.23 bits per heavy atom. The average Bonchev–Trinajstić information content (AvgIpc) is 3.64. The van der Waals surface area contributed by atoms with Crippen molar-refractivity contribution in [2.75, 3.05) is 16.8 Å². The number of hydrogen-bond acceptors (Lipinski definition) is 18. The summed E-state index contributed by atoms with van der Waals surface area (Å²) in [4.78, 5) is 81.3. The van der Waals surface area contributed by atoms with Crippen LogP contribution in [0.15, 0.2) is 22.7 Å². The summed E-state index contributed by atoms with van der Waals surface area (Å²) in [6, 6.07) is 2.33. The molecular formula is C44H62ClN5O14. The zero-order valence-electron chi connectivity index (χ0n) is 39.5. The monoisotopic (exact) mass is 919 g/mol. The van der Waals surface area contributed by atoms with Crippen LogP contribution in [0, 0.1) is 5.92 Å². The lowest BCUT2D eigenvalue weighted by atomic mass is 10.1. The highest BCUT2D eigenvalue weighted by atomic mass is 35.5. The predicted molar refractivity (Wildman–Crippen MR) is 234 cm³/mol. The highest BCUT2D eigenvalue weighted by Gasteiger charge is 2.51. The number of halogens is 1. The number of aromatic nitrogens is 3. The van der Waals surface area contributed by atoms with Crippen LogP contribution < -0.4 is 10.2 Å². The van der Waals surface area contributed by atoms with Crippen LogP contribution in [-0.2, 0) is 44.3 Å². The molecule has 0 unspecified atom stereocenters. The molecule has 3 aromatic heterocycles. The molecule has 354 valence electrons. The van der Waals surface area contributed by atoms with E-state index >= 15 is 0 Å². The summed E-state index contributed by atoms with van der Waals surface area (Å²) in [6.07, 6.45) is -6.29. The maximum absolute atomic E-state index is 13.8. The Bertz CT molecular complexity index is 2170. The highest BCUT2D eigenvalue weighted by molar-refractivity contribution is 6.33. The van der Waals surface area contributed by atoms with E-state index in [0.717, 1.165) is 0 Å². The summed E-state index contributed by atoms with van der Waals surface area (Å²) < 4.78 is 51.3. The number of pyridine rings is 1. The van der Waals surface area contributed by atoms with E-state index in [4.69, 9.17) is 53.9 Å². The lowest BCUT2D eigenvalue weighted by molar-refractivity contribution is -0.0907. The Morgan fingerprint density at radius 1 is 0.734 bits per heavy atom. The number of imide groups is 1. The first kappa shape index (κ1) is 51.0. The molecule has 3 heterocycles. The van der Waals surface area contributed by atoms with Gasteiger partial charge in [0.15, 0.2) is 17.8 Å². The normalized spacial score (nSPS) is 18.1. The third kappa shape index (κ3) is 14.7. The summed E-state index contributed by atoms with van der Waals surface area (Å²) in [6.45, 7) is 25.9. The van der Waals surface area contributed by atoms with Crippen molar-refractivity contribution in [1.29, 1.82) is 0 Å². The lowest BCUT2D eigenvalue weighted by Gasteiger charge is -2.30. The van der Waals surface area contributed by atoms with Crippen molar-refractivity contribution in [2.24, 2.45) is 5.92 Å². The largest absolute Gasteiger partial charge is 0.509 e. The number of rotatable bonds is 9. The SMILES string of the molecule is CCc1nccc2cc(-c3c(Cl)nc(N(C(=O)OC(C)(C)C)C(=O)OC(C)(C)C)nc3N[C@@H]3C[C@H](COC(=O)OC(C)(C)C)[C@@H](OC(=O)OC(C)(C)C)[C@H]3OC(=O)OC(C)(C)C)oc12. The lowest BCUT2D eigenvalue weighted by Crippen LogP contribution is -2.45. The molecule has 0 bridgehead atoms. The van der Waals surface area contributed by atoms with Gasteiger partial charge in [-0.2, -0.15) is 9.97 Å². The predicted octanol–water partition coefficient (Wildman–Crippen LogP) is 10.6. The van der Waals surface area contributed by atoms with Crippen molar-refractivity contribution >= 4 is 65.0 Å². The van der Waals surface area contributed by atoms with E-state index in [0.29, 0.717) is 28.0 Å². The molecule has 0 radical (unpaired) electrons. The van der Waals surface area contributed by atoms with Gasteiger partial charge in [0.1, 0.15) is 51.3 Å². The van der Waals surface area contributed by atoms with Gasteiger partial charge in [0.2, 0.25) is 5.95 Å². The number of amides is 2. The minimum atomic E-state index is -1.42. The van der Waals surface area contributed by atoms with Gasteiger partial charge in [0, 0.05) is 17.5 Å². The van der Waals surface area contributed by atoms with Gasteiger partial charge in [0.05, 0.1) is 17.3 Å². The third-order valence-corrected chi connectivity index (χ3v) is 8.68. The minimum absolute atomic E-state index is 0.0473. The Balaban J connectivity index is 1.97. The molecule has 0 aliphatic heterocycles. The molecule has 64 heavy (non-hydrogen) atoms. The average molecular weight is 920 g/mol. The van der Waals surface area contributed by atoms with Crippen molar-refractivity contribution in [2.45, 2.75) is 170 Å². The molecule has 1 saturated carbocycles. The summed E-state index contributed by atoms with van der Waals surface area (Å²) >= 11 is 7.03. The molecule has 0 aromatic carbocycles. The van der Waals surface area contributed by atoms with E-state index in [2.05, 4.69) is 20.3 Å².